The van der Waals surface area contributed by atoms with E-state index in [4.69, 9.17) is 0 Å². The number of aliphatic carboxylic acids is 1. The average Bonchev–Trinajstić information content (AvgIpc) is 2.48. The van der Waals surface area contributed by atoms with Crippen molar-refractivity contribution in [2.75, 3.05) is 6.54 Å². The van der Waals surface area contributed by atoms with Crippen molar-refractivity contribution in [3.8, 4) is 0 Å². The van der Waals surface area contributed by atoms with E-state index in [2.05, 4.69) is 10.7 Å². The van der Waals surface area contributed by atoms with Crippen LogP contribution in [0.15, 0.2) is 5.38 Å². The van der Waals surface area contributed by atoms with Crippen LogP contribution in [-0.4, -0.2) is 17.5 Å². The topological polar surface area (TPSA) is 80.7 Å². The molecule has 0 bridgehead atoms. The summed E-state index contributed by atoms with van der Waals surface area (Å²) in [7, 11) is 0. The van der Waals surface area contributed by atoms with Crippen molar-refractivity contribution in [2.24, 2.45) is 0 Å². The van der Waals surface area contributed by atoms with Gasteiger partial charge in [-0.1, -0.05) is 0 Å². The number of quaternary nitrogens is 1. The fraction of sp³-hybridized carbons (Fsp3) is 0.500. The fourth-order valence-corrected chi connectivity index (χ4v) is 1.81. The van der Waals surface area contributed by atoms with Crippen LogP contribution in [0, 0.1) is 0 Å². The van der Waals surface area contributed by atoms with Crippen LogP contribution >= 0.6 is 11.3 Å². The van der Waals surface area contributed by atoms with Crippen molar-refractivity contribution < 1.29 is 15.6 Å². The Balaban J connectivity index is 2.48. The van der Waals surface area contributed by atoms with E-state index in [1.165, 1.54) is 11.3 Å². The summed E-state index contributed by atoms with van der Waals surface area (Å²) in [5, 5.41) is 13.0. The first kappa shape index (κ1) is 10.1. The van der Waals surface area contributed by atoms with Gasteiger partial charge in [0.2, 0.25) is 0 Å². The zero-order chi connectivity index (χ0) is 9.68. The van der Waals surface area contributed by atoms with Crippen molar-refractivity contribution >= 4 is 17.3 Å². The van der Waals surface area contributed by atoms with Crippen molar-refractivity contribution in [3.05, 3.63) is 16.1 Å². The third-order valence-electron chi connectivity index (χ3n) is 1.57. The summed E-state index contributed by atoms with van der Waals surface area (Å²) < 4.78 is 0. The smallest absolute Gasteiger partial charge is 0.0930 e. The van der Waals surface area contributed by atoms with Gasteiger partial charge in [0.1, 0.15) is 0 Å². The molecule has 1 heterocycles. The molecule has 1 aromatic rings. The van der Waals surface area contributed by atoms with E-state index < -0.39 is 5.97 Å². The summed E-state index contributed by atoms with van der Waals surface area (Å²) in [6.07, 6.45) is 1.81. The summed E-state index contributed by atoms with van der Waals surface area (Å²) in [6.45, 7) is 0.884. The van der Waals surface area contributed by atoms with Gasteiger partial charge < -0.3 is 15.6 Å². The SMILES string of the molecule is [NH3+]CCCc1nc(CC(=O)[O-])cs1. The molecule has 0 aliphatic rings. The second-order valence-electron chi connectivity index (χ2n) is 2.74. The minimum atomic E-state index is -1.07. The first-order chi connectivity index (χ1) is 6.22. The molecule has 1 rings (SSSR count). The number of hydrogen-bond donors (Lipinski definition) is 1. The largest absolute Gasteiger partial charge is 0.550 e. The van der Waals surface area contributed by atoms with E-state index in [0.29, 0.717) is 5.69 Å². The second-order valence-corrected chi connectivity index (χ2v) is 3.68. The molecule has 5 heteroatoms. The highest BCUT2D eigenvalue weighted by Gasteiger charge is 2.01. The van der Waals surface area contributed by atoms with Crippen molar-refractivity contribution in [1.82, 2.24) is 4.98 Å². The maximum atomic E-state index is 10.2. The lowest BCUT2D eigenvalue weighted by atomic mass is 10.3. The molecule has 0 atom stereocenters. The van der Waals surface area contributed by atoms with E-state index in [-0.39, 0.29) is 6.42 Å². The number of rotatable bonds is 5. The molecule has 0 aliphatic heterocycles. The number of thiazole rings is 1. The maximum absolute atomic E-state index is 10.2. The molecular formula is C8H12N2O2S. The highest BCUT2D eigenvalue weighted by atomic mass is 32.1. The number of hydrogen-bond acceptors (Lipinski definition) is 4. The van der Waals surface area contributed by atoms with E-state index in [9.17, 15) is 9.90 Å². The van der Waals surface area contributed by atoms with Crippen LogP contribution in [0.1, 0.15) is 17.1 Å². The second kappa shape index (κ2) is 4.94. The molecule has 0 aromatic carbocycles. The molecule has 13 heavy (non-hydrogen) atoms. The molecule has 0 spiro atoms. The van der Waals surface area contributed by atoms with E-state index >= 15 is 0 Å². The Hall–Kier alpha value is -0.940. The summed E-state index contributed by atoms with van der Waals surface area (Å²) in [4.78, 5) is 14.4. The van der Waals surface area contributed by atoms with Gasteiger partial charge in [-0.15, -0.1) is 11.3 Å². The summed E-state index contributed by atoms with van der Waals surface area (Å²) in [6, 6.07) is 0. The molecule has 0 saturated heterocycles. The van der Waals surface area contributed by atoms with Crippen LogP contribution in [-0.2, 0) is 17.6 Å². The van der Waals surface area contributed by atoms with Crippen LogP contribution in [0.5, 0.6) is 0 Å². The normalized spacial score (nSPS) is 10.2. The van der Waals surface area contributed by atoms with Crippen molar-refractivity contribution in [1.29, 1.82) is 0 Å². The Morgan fingerprint density at radius 3 is 3.08 bits per heavy atom. The number of carbonyl (C=O) groups excluding carboxylic acids is 1. The quantitative estimate of drug-likeness (QED) is 0.635. The molecule has 0 unspecified atom stereocenters. The standard InChI is InChI=1S/C8H12N2O2S/c9-3-1-2-7-10-6(5-13-7)4-8(11)12/h5H,1-4,9H2,(H,11,12). The molecular weight excluding hydrogens is 188 g/mol. The molecule has 0 saturated carbocycles. The lowest BCUT2D eigenvalue weighted by Crippen LogP contribution is -2.50. The molecule has 0 amide bonds. The maximum Gasteiger partial charge on any atom is 0.0930 e. The van der Waals surface area contributed by atoms with Gasteiger partial charge in [-0.2, -0.15) is 0 Å². The first-order valence-electron chi connectivity index (χ1n) is 4.14. The number of nitrogens with zero attached hydrogens (tertiary/aromatic N) is 1. The Morgan fingerprint density at radius 2 is 2.46 bits per heavy atom. The van der Waals surface area contributed by atoms with Crippen LogP contribution in [0.25, 0.3) is 0 Å². The molecule has 0 fully saturated rings. The Labute approximate surface area is 80.4 Å². The third kappa shape index (κ3) is 3.52. The number of aryl methyl sites for hydroxylation is 1. The van der Waals surface area contributed by atoms with E-state index in [1.807, 2.05) is 0 Å². The summed E-state index contributed by atoms with van der Waals surface area (Å²) >= 11 is 1.50. The predicted molar refractivity (Wildman–Crippen MR) is 46.9 cm³/mol. The Kier molecular flexibility index (Phi) is 3.85. The summed E-state index contributed by atoms with van der Waals surface area (Å²) in [5.41, 5.74) is 4.33. The number of aromatic nitrogens is 1. The average molecular weight is 200 g/mol. The molecule has 3 N–H and O–H groups in total. The zero-order valence-corrected chi connectivity index (χ0v) is 8.10. The molecule has 72 valence electrons. The number of carbonyl (C=O) groups is 1. The fourth-order valence-electron chi connectivity index (χ4n) is 0.969. The van der Waals surface area contributed by atoms with E-state index in [0.717, 1.165) is 24.4 Å². The van der Waals surface area contributed by atoms with Gasteiger partial charge in [0.15, 0.2) is 0 Å². The van der Waals surface area contributed by atoms with Gasteiger partial charge >= 0.3 is 0 Å². The van der Waals surface area contributed by atoms with E-state index in [1.54, 1.807) is 5.38 Å². The Bertz CT molecular complexity index is 285. The van der Waals surface area contributed by atoms with Crippen molar-refractivity contribution in [2.45, 2.75) is 19.3 Å². The van der Waals surface area contributed by atoms with Gasteiger partial charge in [-0.3, -0.25) is 0 Å². The minimum absolute atomic E-state index is 0.0825. The van der Waals surface area contributed by atoms with Crippen molar-refractivity contribution in [3.63, 3.8) is 0 Å². The van der Waals surface area contributed by atoms with Crippen LogP contribution in [0.2, 0.25) is 0 Å². The van der Waals surface area contributed by atoms with Gasteiger partial charge in [0.05, 0.1) is 17.2 Å². The third-order valence-corrected chi connectivity index (χ3v) is 2.52. The first-order valence-corrected chi connectivity index (χ1v) is 5.02. The molecule has 4 nitrogen and oxygen atoms in total. The lowest BCUT2D eigenvalue weighted by molar-refractivity contribution is -0.368. The predicted octanol–water partition coefficient (Wildman–Crippen LogP) is -1.39. The molecule has 1 aromatic heterocycles. The van der Waals surface area contributed by atoms with Gasteiger partial charge in [0, 0.05) is 30.6 Å². The highest BCUT2D eigenvalue weighted by Crippen LogP contribution is 2.11. The molecule has 0 radical (unpaired) electrons. The number of carboxylic acid groups (broad SMARTS) is 1. The van der Waals surface area contributed by atoms with Crippen LogP contribution < -0.4 is 10.8 Å². The van der Waals surface area contributed by atoms with Gasteiger partial charge in [-0.25, -0.2) is 4.98 Å². The Morgan fingerprint density at radius 1 is 1.69 bits per heavy atom. The molecule has 0 aliphatic carbocycles. The number of carboxylic acids is 1. The summed E-state index contributed by atoms with van der Waals surface area (Å²) in [5.74, 6) is -1.07. The monoisotopic (exact) mass is 200 g/mol. The van der Waals surface area contributed by atoms with Crippen LogP contribution in [0.4, 0.5) is 0 Å². The lowest BCUT2D eigenvalue weighted by Gasteiger charge is -1.95. The minimum Gasteiger partial charge on any atom is -0.550 e. The zero-order valence-electron chi connectivity index (χ0n) is 7.28. The van der Waals surface area contributed by atoms with Gasteiger partial charge in [0.25, 0.3) is 0 Å². The van der Waals surface area contributed by atoms with Crippen LogP contribution in [0.3, 0.4) is 0 Å². The van der Waals surface area contributed by atoms with Gasteiger partial charge in [-0.05, 0) is 0 Å². The highest BCUT2D eigenvalue weighted by molar-refractivity contribution is 7.09.